The van der Waals surface area contributed by atoms with Crippen molar-refractivity contribution < 1.29 is 13.2 Å². The third-order valence-corrected chi connectivity index (χ3v) is 8.42. The van der Waals surface area contributed by atoms with Crippen molar-refractivity contribution in [2.45, 2.75) is 56.0 Å². The number of benzene rings is 2. The van der Waals surface area contributed by atoms with Crippen LogP contribution in [0.5, 0.6) is 0 Å². The van der Waals surface area contributed by atoms with Gasteiger partial charge >= 0.3 is 0 Å². The molecule has 162 valence electrons. The first-order chi connectivity index (χ1) is 14.3. The van der Waals surface area contributed by atoms with Crippen molar-refractivity contribution in [2.75, 3.05) is 6.54 Å². The summed E-state index contributed by atoms with van der Waals surface area (Å²) in [5.41, 5.74) is 0.964. The van der Waals surface area contributed by atoms with Crippen LogP contribution in [0.1, 0.15) is 50.6 Å². The van der Waals surface area contributed by atoms with Gasteiger partial charge in [-0.15, -0.1) is 0 Å². The molecule has 0 spiro atoms. The number of sulfonamides is 1. The molecule has 0 unspecified atom stereocenters. The number of nitrogens with one attached hydrogen (secondary N) is 1. The number of halogens is 2. The van der Waals surface area contributed by atoms with E-state index >= 15 is 0 Å². The lowest BCUT2D eigenvalue weighted by atomic mass is 9.95. The van der Waals surface area contributed by atoms with Crippen LogP contribution in [0.3, 0.4) is 0 Å². The van der Waals surface area contributed by atoms with Crippen molar-refractivity contribution in [1.82, 2.24) is 9.62 Å². The molecule has 0 radical (unpaired) electrons. The lowest BCUT2D eigenvalue weighted by molar-refractivity contribution is -0.122. The smallest absolute Gasteiger partial charge is 0.243 e. The third kappa shape index (κ3) is 5.93. The lowest BCUT2D eigenvalue weighted by Gasteiger charge is -2.33. The maximum atomic E-state index is 13.4. The van der Waals surface area contributed by atoms with E-state index in [1.165, 1.54) is 4.31 Å². The fourth-order valence-electron chi connectivity index (χ4n) is 3.78. The maximum Gasteiger partial charge on any atom is 0.243 e. The van der Waals surface area contributed by atoms with E-state index in [1.54, 1.807) is 24.3 Å². The van der Waals surface area contributed by atoms with Gasteiger partial charge in [0.2, 0.25) is 15.9 Å². The first-order valence-electron chi connectivity index (χ1n) is 10.1. The van der Waals surface area contributed by atoms with Crippen molar-refractivity contribution in [3.63, 3.8) is 0 Å². The Bertz CT molecular complexity index is 957. The zero-order valence-corrected chi connectivity index (χ0v) is 20.8. The van der Waals surface area contributed by atoms with Gasteiger partial charge in [-0.25, -0.2) is 8.42 Å². The molecule has 0 bridgehead atoms. The van der Waals surface area contributed by atoms with Crippen LogP contribution in [-0.4, -0.2) is 31.2 Å². The number of amides is 1. The minimum atomic E-state index is -3.77. The van der Waals surface area contributed by atoms with Gasteiger partial charge in [-0.05, 0) is 61.7 Å². The van der Waals surface area contributed by atoms with Gasteiger partial charge in [-0.2, -0.15) is 4.31 Å². The van der Waals surface area contributed by atoms with E-state index < -0.39 is 10.0 Å². The number of rotatable bonds is 7. The fraction of sp³-hybridized carbons (Fsp3) is 0.409. The molecule has 1 aliphatic rings. The Morgan fingerprint density at radius 1 is 1.00 bits per heavy atom. The highest BCUT2D eigenvalue weighted by Crippen LogP contribution is 2.28. The highest BCUT2D eigenvalue weighted by atomic mass is 79.9. The summed E-state index contributed by atoms with van der Waals surface area (Å²) >= 11 is 6.75. The number of nitrogens with zero attached hydrogens (tertiary/aromatic N) is 1. The van der Waals surface area contributed by atoms with Crippen LogP contribution >= 0.6 is 31.9 Å². The molecule has 1 saturated carbocycles. The fourth-order valence-corrected chi connectivity index (χ4v) is 5.95. The van der Waals surface area contributed by atoms with Crippen LogP contribution in [0.2, 0.25) is 0 Å². The van der Waals surface area contributed by atoms with Crippen molar-refractivity contribution in [2.24, 2.45) is 0 Å². The molecular formula is C22H26Br2N2O3S. The molecule has 1 fully saturated rings. The summed E-state index contributed by atoms with van der Waals surface area (Å²) in [5, 5.41) is 2.95. The summed E-state index contributed by atoms with van der Waals surface area (Å²) in [5.74, 6) is -0.295. The van der Waals surface area contributed by atoms with Crippen LogP contribution in [0.25, 0.3) is 0 Å². The molecule has 1 aliphatic carbocycles. The van der Waals surface area contributed by atoms with Crippen LogP contribution in [0, 0.1) is 0 Å². The van der Waals surface area contributed by atoms with E-state index in [0.29, 0.717) is 0 Å². The monoisotopic (exact) mass is 556 g/mol. The van der Waals surface area contributed by atoms with Crippen LogP contribution in [-0.2, 0) is 14.8 Å². The Morgan fingerprint density at radius 2 is 1.53 bits per heavy atom. The molecule has 1 N–H and O–H groups in total. The van der Waals surface area contributed by atoms with Crippen molar-refractivity contribution in [1.29, 1.82) is 0 Å². The van der Waals surface area contributed by atoms with Crippen molar-refractivity contribution >= 4 is 47.8 Å². The van der Waals surface area contributed by atoms with E-state index in [1.807, 2.05) is 31.2 Å². The quantitative estimate of drug-likeness (QED) is 0.495. The summed E-state index contributed by atoms with van der Waals surface area (Å²) in [6.07, 6.45) is 4.63. The van der Waals surface area contributed by atoms with Gasteiger partial charge in [-0.1, -0.05) is 63.3 Å². The van der Waals surface area contributed by atoms with Gasteiger partial charge in [0.25, 0.3) is 0 Å². The summed E-state index contributed by atoms with van der Waals surface area (Å²) < 4.78 is 30.0. The molecular weight excluding hydrogens is 532 g/mol. The van der Waals surface area contributed by atoms with E-state index in [-0.39, 0.29) is 29.4 Å². The maximum absolute atomic E-state index is 13.4. The minimum absolute atomic E-state index is 0.152. The molecule has 3 rings (SSSR count). The highest BCUT2D eigenvalue weighted by Gasteiger charge is 2.34. The SMILES string of the molecule is C[C@H](NC(=O)CN(C1CCCCC1)S(=O)(=O)c1ccc(Br)cc1)c1ccc(Br)cc1. The van der Waals surface area contributed by atoms with E-state index in [0.717, 1.165) is 46.6 Å². The molecule has 2 aromatic carbocycles. The number of carbonyl (C=O) groups excluding carboxylic acids is 1. The first-order valence-corrected chi connectivity index (χ1v) is 13.1. The van der Waals surface area contributed by atoms with Crippen molar-refractivity contribution in [3.8, 4) is 0 Å². The predicted octanol–water partition coefficient (Wildman–Crippen LogP) is 5.41. The van der Waals surface area contributed by atoms with Gasteiger partial charge in [0.15, 0.2) is 0 Å². The minimum Gasteiger partial charge on any atom is -0.348 e. The van der Waals surface area contributed by atoms with Gasteiger partial charge < -0.3 is 5.32 Å². The number of carbonyl (C=O) groups is 1. The van der Waals surface area contributed by atoms with Gasteiger partial charge in [-0.3, -0.25) is 4.79 Å². The second-order valence-corrected chi connectivity index (χ2v) is 11.4. The molecule has 0 saturated heterocycles. The lowest BCUT2D eigenvalue weighted by Crippen LogP contribution is -2.47. The summed E-state index contributed by atoms with van der Waals surface area (Å²) in [6, 6.07) is 13.9. The van der Waals surface area contributed by atoms with E-state index in [4.69, 9.17) is 0 Å². The molecule has 0 heterocycles. The van der Waals surface area contributed by atoms with E-state index in [9.17, 15) is 13.2 Å². The molecule has 0 aliphatic heterocycles. The Balaban J connectivity index is 1.79. The standard InChI is InChI=1S/C22H26Br2N2O3S/c1-16(17-7-9-18(23)10-8-17)25-22(27)15-26(20-5-3-2-4-6-20)30(28,29)21-13-11-19(24)12-14-21/h7-14,16,20H,2-6,15H2,1H3,(H,25,27)/t16-/m0/s1. The van der Waals surface area contributed by atoms with Gasteiger partial charge in [0, 0.05) is 15.0 Å². The van der Waals surface area contributed by atoms with E-state index in [2.05, 4.69) is 37.2 Å². The molecule has 1 atom stereocenters. The molecule has 8 heteroatoms. The normalized spacial score (nSPS) is 16.4. The Kier molecular flexibility index (Phi) is 8.12. The average Bonchev–Trinajstić information content (AvgIpc) is 2.73. The molecule has 5 nitrogen and oxygen atoms in total. The Morgan fingerprint density at radius 3 is 2.10 bits per heavy atom. The van der Waals surface area contributed by atoms with Gasteiger partial charge in [0.05, 0.1) is 17.5 Å². The highest BCUT2D eigenvalue weighted by molar-refractivity contribution is 9.10. The second-order valence-electron chi connectivity index (χ2n) is 7.64. The van der Waals surface area contributed by atoms with Crippen molar-refractivity contribution in [3.05, 3.63) is 63.0 Å². The summed E-state index contributed by atoms with van der Waals surface area (Å²) in [4.78, 5) is 13.1. The molecule has 30 heavy (non-hydrogen) atoms. The number of hydrogen-bond donors (Lipinski definition) is 1. The molecule has 1 amide bonds. The predicted molar refractivity (Wildman–Crippen MR) is 126 cm³/mol. The zero-order valence-electron chi connectivity index (χ0n) is 16.9. The van der Waals surface area contributed by atoms with Crippen LogP contribution in [0.15, 0.2) is 62.4 Å². The second kappa shape index (κ2) is 10.4. The largest absolute Gasteiger partial charge is 0.348 e. The molecule has 0 aromatic heterocycles. The topological polar surface area (TPSA) is 66.5 Å². The number of hydrogen-bond acceptors (Lipinski definition) is 3. The first kappa shape index (κ1) is 23.4. The Hall–Kier alpha value is -1.22. The summed E-state index contributed by atoms with van der Waals surface area (Å²) in [7, 11) is -3.77. The average molecular weight is 558 g/mol. The third-order valence-electron chi connectivity index (χ3n) is 5.45. The van der Waals surface area contributed by atoms with Crippen LogP contribution < -0.4 is 5.32 Å². The molecule has 2 aromatic rings. The summed E-state index contributed by atoms with van der Waals surface area (Å²) in [6.45, 7) is 1.72. The van der Waals surface area contributed by atoms with Crippen LogP contribution in [0.4, 0.5) is 0 Å². The Labute approximate surface area is 195 Å². The van der Waals surface area contributed by atoms with Gasteiger partial charge in [0.1, 0.15) is 0 Å². The zero-order chi connectivity index (χ0) is 21.7.